The molecular weight excluding hydrogens is 510 g/mol. The van der Waals surface area contributed by atoms with Gasteiger partial charge in [0.05, 0.1) is 28.1 Å². The summed E-state index contributed by atoms with van der Waals surface area (Å²) in [6, 6.07) is 11.7. The van der Waals surface area contributed by atoms with Gasteiger partial charge in [0, 0.05) is 56.3 Å². The number of aromatic nitrogens is 6. The Bertz CT molecular complexity index is 1890. The predicted molar refractivity (Wildman–Crippen MR) is 154 cm³/mol. The lowest BCUT2D eigenvalue weighted by Gasteiger charge is -2.17. The number of rotatable bonds is 5. The number of pyridine rings is 3. The summed E-state index contributed by atoms with van der Waals surface area (Å²) >= 11 is 1.47. The first-order valence-electron chi connectivity index (χ1n) is 12.4. The van der Waals surface area contributed by atoms with Crippen molar-refractivity contribution < 1.29 is 9.59 Å². The Morgan fingerprint density at radius 2 is 1.77 bits per heavy atom. The second-order valence-electron chi connectivity index (χ2n) is 10.4. The van der Waals surface area contributed by atoms with Crippen LogP contribution in [0, 0.1) is 5.41 Å². The van der Waals surface area contributed by atoms with Gasteiger partial charge in [-0.15, -0.1) is 11.3 Å². The summed E-state index contributed by atoms with van der Waals surface area (Å²) < 4.78 is 0. The van der Waals surface area contributed by atoms with E-state index >= 15 is 0 Å². The number of carbonyl (C=O) groups is 2. The van der Waals surface area contributed by atoms with E-state index in [1.165, 1.54) is 11.3 Å². The number of fused-ring (bicyclic) bond motifs is 2. The van der Waals surface area contributed by atoms with Gasteiger partial charge in [-0.3, -0.25) is 19.7 Å². The van der Waals surface area contributed by atoms with Crippen molar-refractivity contribution in [2.75, 3.05) is 5.32 Å². The lowest BCUT2D eigenvalue weighted by atomic mass is 9.95. The van der Waals surface area contributed by atoms with Crippen molar-refractivity contribution in [3.63, 3.8) is 0 Å². The third-order valence-electron chi connectivity index (χ3n) is 6.44. The van der Waals surface area contributed by atoms with Gasteiger partial charge >= 0.3 is 0 Å². The van der Waals surface area contributed by atoms with E-state index in [-0.39, 0.29) is 11.7 Å². The van der Waals surface area contributed by atoms with Crippen LogP contribution in [0.4, 0.5) is 5.69 Å². The Labute approximate surface area is 227 Å². The first-order valence-corrected chi connectivity index (χ1v) is 13.2. The van der Waals surface area contributed by atoms with E-state index in [9.17, 15) is 9.59 Å². The first kappa shape index (κ1) is 24.6. The van der Waals surface area contributed by atoms with Crippen molar-refractivity contribution in [1.29, 1.82) is 0 Å². The van der Waals surface area contributed by atoms with Gasteiger partial charge in [-0.25, -0.2) is 9.97 Å². The van der Waals surface area contributed by atoms with E-state index in [2.05, 4.69) is 35.5 Å². The highest BCUT2D eigenvalue weighted by molar-refractivity contribution is 7.17. The maximum absolute atomic E-state index is 12.5. The molecule has 0 bridgehead atoms. The third-order valence-corrected chi connectivity index (χ3v) is 7.66. The molecule has 3 N–H and O–H groups in total. The SMILES string of the molecule is CC(=O)c1ccc(-c2ccnc3[nH]c(-c4[nH]nc5ncc(-c6cncc(NC(=O)C(C)(C)C)c6)cc45)cc23)s1. The van der Waals surface area contributed by atoms with Gasteiger partial charge in [-0.1, -0.05) is 20.8 Å². The molecule has 0 atom stereocenters. The molecule has 1 amide bonds. The Hall–Kier alpha value is -4.70. The first-order chi connectivity index (χ1) is 18.7. The van der Waals surface area contributed by atoms with E-state index in [1.54, 1.807) is 31.7 Å². The van der Waals surface area contributed by atoms with Gasteiger partial charge in [0.1, 0.15) is 5.65 Å². The number of ketones is 1. The van der Waals surface area contributed by atoms with Crippen molar-refractivity contribution in [2.45, 2.75) is 27.7 Å². The fourth-order valence-electron chi connectivity index (χ4n) is 4.30. The van der Waals surface area contributed by atoms with Crippen LogP contribution in [0.3, 0.4) is 0 Å². The minimum Gasteiger partial charge on any atom is -0.338 e. The zero-order valence-corrected chi connectivity index (χ0v) is 22.6. The van der Waals surface area contributed by atoms with Crippen LogP contribution in [0.2, 0.25) is 0 Å². The van der Waals surface area contributed by atoms with Gasteiger partial charge in [-0.05, 0) is 43.3 Å². The lowest BCUT2D eigenvalue weighted by Crippen LogP contribution is -2.27. The number of carbonyl (C=O) groups excluding carboxylic acids is 2. The summed E-state index contributed by atoms with van der Waals surface area (Å²) in [6.07, 6.45) is 6.87. The number of hydrogen-bond acceptors (Lipinski definition) is 7. The zero-order valence-electron chi connectivity index (χ0n) is 21.8. The second kappa shape index (κ2) is 9.25. The van der Waals surface area contributed by atoms with Gasteiger partial charge in [0.25, 0.3) is 0 Å². The molecule has 0 saturated heterocycles. The third kappa shape index (κ3) is 4.59. The smallest absolute Gasteiger partial charge is 0.229 e. The number of thiophene rings is 1. The Morgan fingerprint density at radius 3 is 2.54 bits per heavy atom. The Balaban J connectivity index is 1.39. The van der Waals surface area contributed by atoms with Crippen molar-refractivity contribution >= 4 is 50.8 Å². The number of nitrogens with zero attached hydrogens (tertiary/aromatic N) is 4. The summed E-state index contributed by atoms with van der Waals surface area (Å²) in [7, 11) is 0. The molecule has 0 aromatic carbocycles. The Morgan fingerprint density at radius 1 is 0.949 bits per heavy atom. The van der Waals surface area contributed by atoms with Crippen LogP contribution in [0.25, 0.3) is 55.0 Å². The van der Waals surface area contributed by atoms with E-state index in [0.717, 1.165) is 54.3 Å². The topological polar surface area (TPSA) is 129 Å². The molecule has 6 heterocycles. The van der Waals surface area contributed by atoms with Crippen LogP contribution >= 0.6 is 11.3 Å². The van der Waals surface area contributed by atoms with E-state index in [1.807, 2.05) is 57.2 Å². The molecule has 0 radical (unpaired) electrons. The molecule has 6 aromatic rings. The van der Waals surface area contributed by atoms with Crippen molar-refractivity contribution in [3.8, 4) is 33.0 Å². The number of aromatic amines is 2. The van der Waals surface area contributed by atoms with Gasteiger partial charge < -0.3 is 10.3 Å². The van der Waals surface area contributed by atoms with E-state index in [0.29, 0.717) is 11.3 Å². The van der Waals surface area contributed by atoms with Crippen LogP contribution in [0.5, 0.6) is 0 Å². The van der Waals surface area contributed by atoms with Gasteiger partial charge in [0.2, 0.25) is 5.91 Å². The second-order valence-corrected chi connectivity index (χ2v) is 11.5. The summed E-state index contributed by atoms with van der Waals surface area (Å²) in [6.45, 7) is 7.17. The maximum Gasteiger partial charge on any atom is 0.229 e. The molecule has 0 unspecified atom stereocenters. The molecule has 0 fully saturated rings. The Kier molecular flexibility index (Phi) is 5.84. The summed E-state index contributed by atoms with van der Waals surface area (Å²) in [5.41, 5.74) is 5.68. The highest BCUT2D eigenvalue weighted by atomic mass is 32.1. The quantitative estimate of drug-likeness (QED) is 0.217. The standard InChI is InChI=1S/C29H25N7O2S/c1-15(37)23-5-6-24(39-23)19-7-8-31-26-20(19)11-22(34-26)25-21-10-17(13-32-27(21)36-35-25)16-9-18(14-30-12-16)33-28(38)29(2,3)4/h5-14H,1-4H3,(H,31,34)(H,33,38)(H,32,35,36). The summed E-state index contributed by atoms with van der Waals surface area (Å²) in [5, 5.41) is 12.2. The van der Waals surface area contributed by atoms with Gasteiger partial charge in [0.15, 0.2) is 11.4 Å². The molecule has 0 aliphatic carbocycles. The molecule has 194 valence electrons. The minimum absolute atomic E-state index is 0.0517. The highest BCUT2D eigenvalue weighted by Crippen LogP contribution is 2.36. The molecule has 9 nitrogen and oxygen atoms in total. The maximum atomic E-state index is 12.5. The van der Waals surface area contributed by atoms with Gasteiger partial charge in [-0.2, -0.15) is 5.10 Å². The van der Waals surface area contributed by atoms with Crippen molar-refractivity contribution in [2.24, 2.45) is 5.41 Å². The average Bonchev–Trinajstić information content (AvgIpc) is 3.65. The number of hydrogen-bond donors (Lipinski definition) is 3. The van der Waals surface area contributed by atoms with Crippen LogP contribution in [-0.4, -0.2) is 41.8 Å². The van der Waals surface area contributed by atoms with Crippen LogP contribution in [0.1, 0.15) is 37.4 Å². The fourth-order valence-corrected chi connectivity index (χ4v) is 5.24. The number of nitrogens with one attached hydrogen (secondary N) is 3. The van der Waals surface area contributed by atoms with Crippen molar-refractivity contribution in [1.82, 2.24) is 30.1 Å². The van der Waals surface area contributed by atoms with Crippen LogP contribution < -0.4 is 5.32 Å². The number of anilines is 1. The van der Waals surface area contributed by atoms with E-state index in [4.69, 9.17) is 0 Å². The normalized spacial score (nSPS) is 11.8. The number of amides is 1. The largest absolute Gasteiger partial charge is 0.338 e. The molecular formula is C29H25N7O2S. The van der Waals surface area contributed by atoms with E-state index < -0.39 is 5.41 Å². The summed E-state index contributed by atoms with van der Waals surface area (Å²) in [5.74, 6) is -0.0325. The van der Waals surface area contributed by atoms with Crippen molar-refractivity contribution in [3.05, 3.63) is 66.1 Å². The lowest BCUT2D eigenvalue weighted by molar-refractivity contribution is -0.123. The molecule has 6 rings (SSSR count). The monoisotopic (exact) mass is 535 g/mol. The highest BCUT2D eigenvalue weighted by Gasteiger charge is 2.21. The minimum atomic E-state index is -0.518. The molecule has 0 spiro atoms. The zero-order chi connectivity index (χ0) is 27.3. The fraction of sp³-hybridized carbons (Fsp3) is 0.172. The molecule has 10 heteroatoms. The molecule has 0 saturated carbocycles. The molecule has 0 aliphatic heterocycles. The van der Waals surface area contributed by atoms with Crippen LogP contribution in [0.15, 0.2) is 61.2 Å². The predicted octanol–water partition coefficient (Wildman–Crippen LogP) is 6.48. The average molecular weight is 536 g/mol. The molecule has 0 aliphatic rings. The summed E-state index contributed by atoms with van der Waals surface area (Å²) in [4.78, 5) is 42.8. The molecule has 6 aromatic heterocycles. The number of H-pyrrole nitrogens is 2. The van der Waals surface area contributed by atoms with Crippen LogP contribution in [-0.2, 0) is 4.79 Å². The molecule has 39 heavy (non-hydrogen) atoms. The number of Topliss-reactive ketones (excluding diaryl/α,β-unsaturated/α-hetero) is 1.